The first-order valence-electron chi connectivity index (χ1n) is 7.22. The number of carbonyl (C=O) groups excluding carboxylic acids is 1. The minimum atomic E-state index is -0.578. The number of phenols is 1. The topological polar surface area (TPSA) is 167 Å². The molecule has 0 aliphatic heterocycles. The smallest absolute Gasteiger partial charge is 0.293 e. The molecule has 3 rings (SSSR count). The van der Waals surface area contributed by atoms with Crippen molar-refractivity contribution in [3.8, 4) is 17.3 Å². The van der Waals surface area contributed by atoms with Crippen LogP contribution in [0.15, 0.2) is 27.9 Å². The number of aromatic nitrogens is 5. The Balaban J connectivity index is 1.73. The molecule has 1 amide bonds. The van der Waals surface area contributed by atoms with Gasteiger partial charge in [0.15, 0.2) is 17.2 Å². The summed E-state index contributed by atoms with van der Waals surface area (Å²) in [4.78, 5) is 12.2. The van der Waals surface area contributed by atoms with E-state index in [4.69, 9.17) is 10.5 Å². The van der Waals surface area contributed by atoms with Crippen LogP contribution in [-0.4, -0.2) is 49.6 Å². The van der Waals surface area contributed by atoms with Crippen molar-refractivity contribution < 1.29 is 19.3 Å². The van der Waals surface area contributed by atoms with Gasteiger partial charge in [-0.05, 0) is 41.0 Å². The lowest BCUT2D eigenvalue weighted by molar-refractivity contribution is 0.0949. The van der Waals surface area contributed by atoms with E-state index in [-0.39, 0.29) is 28.8 Å². The molecular formula is C14H14N8O4. The van der Waals surface area contributed by atoms with Crippen molar-refractivity contribution in [1.29, 1.82) is 0 Å². The predicted octanol–water partition coefficient (Wildman–Crippen LogP) is 0.0190. The number of hydrogen-bond acceptors (Lipinski definition) is 10. The zero-order chi connectivity index (χ0) is 18.7. The SMILES string of the molecule is COc1cc(C=NNC(=O)c2nnn(-c3nonc3N)c2C)ccc1O. The Labute approximate surface area is 146 Å². The van der Waals surface area contributed by atoms with Crippen LogP contribution in [0.2, 0.25) is 0 Å². The molecule has 0 saturated carbocycles. The molecule has 0 saturated heterocycles. The number of phenolic OH excluding ortho intramolecular Hbond substituents is 1. The van der Waals surface area contributed by atoms with E-state index >= 15 is 0 Å². The third-order valence-electron chi connectivity index (χ3n) is 3.39. The molecule has 0 aliphatic rings. The van der Waals surface area contributed by atoms with Gasteiger partial charge in [-0.15, -0.1) is 5.10 Å². The van der Waals surface area contributed by atoms with Crippen molar-refractivity contribution >= 4 is 17.9 Å². The van der Waals surface area contributed by atoms with Gasteiger partial charge in [-0.25, -0.2) is 10.1 Å². The maximum atomic E-state index is 12.2. The van der Waals surface area contributed by atoms with E-state index in [9.17, 15) is 9.90 Å². The fourth-order valence-corrected chi connectivity index (χ4v) is 2.07. The molecule has 0 atom stereocenters. The number of methoxy groups -OCH3 is 1. The van der Waals surface area contributed by atoms with E-state index in [2.05, 4.69) is 35.8 Å². The summed E-state index contributed by atoms with van der Waals surface area (Å²) >= 11 is 0. The molecule has 1 aromatic carbocycles. The number of benzene rings is 1. The predicted molar refractivity (Wildman–Crippen MR) is 88.1 cm³/mol. The Hall–Kier alpha value is -3.96. The lowest BCUT2D eigenvalue weighted by Crippen LogP contribution is -2.19. The second-order valence-electron chi connectivity index (χ2n) is 5.04. The Morgan fingerprint density at radius 3 is 2.96 bits per heavy atom. The highest BCUT2D eigenvalue weighted by Crippen LogP contribution is 2.25. The normalized spacial score (nSPS) is 11.0. The molecule has 4 N–H and O–H groups in total. The zero-order valence-electron chi connectivity index (χ0n) is 13.7. The fraction of sp³-hybridized carbons (Fsp3) is 0.143. The van der Waals surface area contributed by atoms with Gasteiger partial charge in [0, 0.05) is 0 Å². The largest absolute Gasteiger partial charge is 0.504 e. The van der Waals surface area contributed by atoms with Crippen LogP contribution >= 0.6 is 0 Å². The molecule has 0 unspecified atom stereocenters. The molecule has 26 heavy (non-hydrogen) atoms. The Morgan fingerprint density at radius 2 is 2.27 bits per heavy atom. The number of ether oxygens (including phenoxy) is 1. The quantitative estimate of drug-likeness (QED) is 0.420. The number of nitrogens with zero attached hydrogens (tertiary/aromatic N) is 6. The van der Waals surface area contributed by atoms with E-state index < -0.39 is 5.91 Å². The minimum absolute atomic E-state index is 0.00236. The average molecular weight is 358 g/mol. The highest BCUT2D eigenvalue weighted by molar-refractivity contribution is 5.94. The molecule has 134 valence electrons. The first-order valence-corrected chi connectivity index (χ1v) is 7.22. The molecule has 0 aliphatic carbocycles. The fourth-order valence-electron chi connectivity index (χ4n) is 2.07. The van der Waals surface area contributed by atoms with E-state index in [1.165, 1.54) is 24.1 Å². The van der Waals surface area contributed by atoms with Crippen molar-refractivity contribution in [2.75, 3.05) is 12.8 Å². The molecular weight excluding hydrogens is 344 g/mol. The van der Waals surface area contributed by atoms with Gasteiger partial charge in [0.2, 0.25) is 11.6 Å². The van der Waals surface area contributed by atoms with Crippen LogP contribution in [0.4, 0.5) is 5.82 Å². The number of anilines is 1. The zero-order valence-corrected chi connectivity index (χ0v) is 13.7. The Kier molecular flexibility index (Phi) is 4.47. The summed E-state index contributed by atoms with van der Waals surface area (Å²) in [6, 6.07) is 4.62. The van der Waals surface area contributed by atoms with Crippen molar-refractivity contribution in [3.05, 3.63) is 35.2 Å². The molecule has 12 nitrogen and oxygen atoms in total. The summed E-state index contributed by atoms with van der Waals surface area (Å²) in [7, 11) is 1.43. The van der Waals surface area contributed by atoms with Gasteiger partial charge < -0.3 is 15.6 Å². The lowest BCUT2D eigenvalue weighted by Gasteiger charge is -2.03. The van der Waals surface area contributed by atoms with Crippen LogP contribution < -0.4 is 15.9 Å². The number of nitrogens with two attached hydrogens (primary N) is 1. The van der Waals surface area contributed by atoms with Gasteiger partial charge in [0.05, 0.1) is 19.0 Å². The van der Waals surface area contributed by atoms with Crippen LogP contribution in [0.3, 0.4) is 0 Å². The molecule has 2 aromatic heterocycles. The second-order valence-corrected chi connectivity index (χ2v) is 5.04. The molecule has 0 spiro atoms. The summed E-state index contributed by atoms with van der Waals surface area (Å²) in [5.74, 6) is -0.135. The van der Waals surface area contributed by atoms with Gasteiger partial charge in [0.1, 0.15) is 0 Å². The van der Waals surface area contributed by atoms with Crippen LogP contribution in [0, 0.1) is 6.92 Å². The molecule has 0 fully saturated rings. The van der Waals surface area contributed by atoms with Gasteiger partial charge in [-0.1, -0.05) is 5.21 Å². The number of carbonyl (C=O) groups is 1. The first kappa shape index (κ1) is 16.9. The standard InChI is InChI=1S/C14H14N8O4/c1-7-11(17-21-22(7)13-12(15)19-26-20-13)14(24)18-16-6-8-3-4-9(23)10(5-8)25-2/h3-6,23H,1-2H3,(H2,15,19)(H,18,24). The van der Waals surface area contributed by atoms with Crippen LogP contribution in [0.25, 0.3) is 5.82 Å². The monoisotopic (exact) mass is 358 g/mol. The van der Waals surface area contributed by atoms with Gasteiger partial charge in [-0.3, -0.25) is 4.79 Å². The van der Waals surface area contributed by atoms with Gasteiger partial charge in [0.25, 0.3) is 5.91 Å². The molecule has 3 aromatic rings. The van der Waals surface area contributed by atoms with Crippen LogP contribution in [0.5, 0.6) is 11.5 Å². The second kappa shape index (κ2) is 6.88. The molecule has 2 heterocycles. The summed E-state index contributed by atoms with van der Waals surface area (Å²) in [6.07, 6.45) is 1.39. The maximum absolute atomic E-state index is 12.2. The lowest BCUT2D eigenvalue weighted by atomic mass is 10.2. The highest BCUT2D eigenvalue weighted by Gasteiger charge is 2.20. The summed E-state index contributed by atoms with van der Waals surface area (Å²) in [6.45, 7) is 1.61. The number of nitrogen functional groups attached to an aromatic ring is 1. The van der Waals surface area contributed by atoms with E-state index in [1.807, 2.05) is 0 Å². The number of hydrazone groups is 1. The molecule has 12 heteroatoms. The minimum Gasteiger partial charge on any atom is -0.504 e. The third kappa shape index (κ3) is 3.15. The van der Waals surface area contributed by atoms with Crippen molar-refractivity contribution in [2.45, 2.75) is 6.92 Å². The van der Waals surface area contributed by atoms with E-state index in [1.54, 1.807) is 19.1 Å². The molecule has 0 bridgehead atoms. The van der Waals surface area contributed by atoms with Gasteiger partial charge >= 0.3 is 0 Å². The number of aromatic hydroxyl groups is 1. The Bertz CT molecular complexity index is 977. The summed E-state index contributed by atoms with van der Waals surface area (Å²) in [5.41, 5.74) is 8.96. The van der Waals surface area contributed by atoms with Crippen molar-refractivity contribution in [3.63, 3.8) is 0 Å². The van der Waals surface area contributed by atoms with Crippen LogP contribution in [0.1, 0.15) is 21.7 Å². The Morgan fingerprint density at radius 1 is 1.46 bits per heavy atom. The molecule has 0 radical (unpaired) electrons. The summed E-state index contributed by atoms with van der Waals surface area (Å²) in [5, 5.41) is 28.0. The number of amides is 1. The van der Waals surface area contributed by atoms with Crippen LogP contribution in [-0.2, 0) is 0 Å². The highest BCUT2D eigenvalue weighted by atomic mass is 16.6. The number of hydrogen-bond donors (Lipinski definition) is 3. The van der Waals surface area contributed by atoms with E-state index in [0.29, 0.717) is 11.3 Å². The first-order chi connectivity index (χ1) is 12.5. The number of rotatable bonds is 5. The summed E-state index contributed by atoms with van der Waals surface area (Å²) < 4.78 is 10.7. The maximum Gasteiger partial charge on any atom is 0.293 e. The van der Waals surface area contributed by atoms with E-state index in [0.717, 1.165) is 0 Å². The third-order valence-corrected chi connectivity index (χ3v) is 3.39. The van der Waals surface area contributed by atoms with Crippen molar-refractivity contribution in [1.82, 2.24) is 30.7 Å². The van der Waals surface area contributed by atoms with Crippen molar-refractivity contribution in [2.24, 2.45) is 5.10 Å². The number of nitrogens with one attached hydrogen (secondary N) is 1. The van der Waals surface area contributed by atoms with Gasteiger partial charge in [-0.2, -0.15) is 9.78 Å². The average Bonchev–Trinajstić information content (AvgIpc) is 3.21.